The van der Waals surface area contributed by atoms with Crippen LogP contribution in [-0.4, -0.2) is 17.7 Å². The second-order valence-corrected chi connectivity index (χ2v) is 6.45. The zero-order chi connectivity index (χ0) is 19.2. The molecule has 5 nitrogen and oxygen atoms in total. The number of halogens is 1. The fourth-order valence-corrected chi connectivity index (χ4v) is 2.52. The topological polar surface area (TPSA) is 64.4 Å². The Morgan fingerprint density at radius 1 is 1.19 bits per heavy atom. The molecule has 0 atom stereocenters. The monoisotopic (exact) mass is 368 g/mol. The number of carbonyl (C=O) groups is 1. The van der Waals surface area contributed by atoms with Crippen LogP contribution in [0, 0.1) is 5.82 Å². The van der Waals surface area contributed by atoms with Crippen molar-refractivity contribution in [3.8, 4) is 17.1 Å². The first-order valence-corrected chi connectivity index (χ1v) is 8.73. The normalized spacial score (nSPS) is 10.8. The van der Waals surface area contributed by atoms with Gasteiger partial charge in [0.15, 0.2) is 12.4 Å². The molecule has 0 aliphatic rings. The third-order valence-corrected chi connectivity index (χ3v) is 4.08. The van der Waals surface area contributed by atoms with E-state index in [0.29, 0.717) is 28.7 Å². The van der Waals surface area contributed by atoms with E-state index in [2.05, 4.69) is 24.3 Å². The van der Waals surface area contributed by atoms with E-state index < -0.39 is 0 Å². The lowest BCUT2D eigenvalue weighted by Gasteiger charge is -2.09. The number of ether oxygens (including phenoxy) is 1. The lowest BCUT2D eigenvalue weighted by Crippen LogP contribution is -2.28. The Kier molecular flexibility index (Phi) is 5.86. The first-order chi connectivity index (χ1) is 13.0. The molecular weight excluding hydrogens is 347 g/mol. The van der Waals surface area contributed by atoms with E-state index >= 15 is 0 Å². The van der Waals surface area contributed by atoms with Gasteiger partial charge in [-0.15, -0.1) is 0 Å². The first-order valence-electron chi connectivity index (χ1n) is 8.73. The molecule has 0 saturated heterocycles. The van der Waals surface area contributed by atoms with Crippen LogP contribution in [0.1, 0.15) is 31.0 Å². The van der Waals surface area contributed by atoms with Crippen molar-refractivity contribution in [2.24, 2.45) is 0 Å². The summed E-state index contributed by atoms with van der Waals surface area (Å²) in [5, 5.41) is 6.55. The highest BCUT2D eigenvalue weighted by atomic mass is 19.1. The summed E-state index contributed by atoms with van der Waals surface area (Å²) in [6.45, 7) is 4.31. The summed E-state index contributed by atoms with van der Waals surface area (Å²) < 4.78 is 24.4. The van der Waals surface area contributed by atoms with Crippen molar-refractivity contribution in [2.75, 3.05) is 6.61 Å². The van der Waals surface area contributed by atoms with Crippen LogP contribution in [0.15, 0.2) is 59.1 Å². The molecule has 27 heavy (non-hydrogen) atoms. The maximum absolute atomic E-state index is 13.8. The highest BCUT2D eigenvalue weighted by Gasteiger charge is 2.11. The van der Waals surface area contributed by atoms with E-state index in [0.717, 1.165) is 0 Å². The Labute approximate surface area is 157 Å². The van der Waals surface area contributed by atoms with Gasteiger partial charge in [0.05, 0.1) is 12.1 Å². The van der Waals surface area contributed by atoms with Crippen molar-refractivity contribution in [2.45, 2.75) is 26.3 Å². The number of nitrogens with one attached hydrogen (secondary N) is 1. The van der Waals surface area contributed by atoms with E-state index in [1.807, 2.05) is 24.3 Å². The van der Waals surface area contributed by atoms with Crippen LogP contribution in [0.5, 0.6) is 5.75 Å². The first kappa shape index (κ1) is 18.6. The minimum atomic E-state index is -0.388. The van der Waals surface area contributed by atoms with Crippen molar-refractivity contribution in [3.05, 3.63) is 71.7 Å². The van der Waals surface area contributed by atoms with E-state index in [1.165, 1.54) is 11.6 Å². The molecule has 1 amide bonds. The molecule has 1 aromatic heterocycles. The minimum absolute atomic E-state index is 0.0982. The Morgan fingerprint density at radius 3 is 2.63 bits per heavy atom. The Balaban J connectivity index is 1.49. The van der Waals surface area contributed by atoms with Gasteiger partial charge < -0.3 is 14.6 Å². The fraction of sp³-hybridized carbons (Fsp3) is 0.238. The quantitative estimate of drug-likeness (QED) is 0.675. The lowest BCUT2D eigenvalue weighted by atomic mass is 10.0. The zero-order valence-electron chi connectivity index (χ0n) is 15.2. The number of rotatable bonds is 7. The summed E-state index contributed by atoms with van der Waals surface area (Å²) in [5.41, 5.74) is 2.04. The van der Waals surface area contributed by atoms with Crippen LogP contribution in [0.3, 0.4) is 0 Å². The molecule has 0 spiro atoms. The Morgan fingerprint density at radius 2 is 1.93 bits per heavy atom. The van der Waals surface area contributed by atoms with Gasteiger partial charge in [-0.05, 0) is 35.7 Å². The van der Waals surface area contributed by atoms with Crippen molar-refractivity contribution in [1.82, 2.24) is 10.5 Å². The smallest absolute Gasteiger partial charge is 0.258 e. The third-order valence-electron chi connectivity index (χ3n) is 4.08. The third kappa shape index (κ3) is 4.94. The van der Waals surface area contributed by atoms with Crippen molar-refractivity contribution in [3.63, 3.8) is 0 Å². The molecule has 0 bridgehead atoms. The van der Waals surface area contributed by atoms with Gasteiger partial charge in [-0.1, -0.05) is 43.3 Å². The second-order valence-electron chi connectivity index (χ2n) is 6.45. The molecule has 3 aromatic rings. The summed E-state index contributed by atoms with van der Waals surface area (Å²) in [4.78, 5) is 11.9. The predicted octanol–water partition coefficient (Wildman–Crippen LogP) is 4.30. The highest BCUT2D eigenvalue weighted by Crippen LogP contribution is 2.23. The molecule has 0 aliphatic carbocycles. The molecule has 6 heteroatoms. The molecule has 0 fully saturated rings. The molecule has 1 N–H and O–H groups in total. The number of amides is 1. The number of aromatic nitrogens is 1. The molecule has 140 valence electrons. The van der Waals surface area contributed by atoms with Crippen LogP contribution in [-0.2, 0) is 11.3 Å². The predicted molar refractivity (Wildman–Crippen MR) is 99.8 cm³/mol. The maximum atomic E-state index is 13.8. The van der Waals surface area contributed by atoms with E-state index in [1.54, 1.807) is 24.3 Å². The van der Waals surface area contributed by atoms with Crippen molar-refractivity contribution >= 4 is 5.91 Å². The summed E-state index contributed by atoms with van der Waals surface area (Å²) in [5.74, 6) is 0.732. The van der Waals surface area contributed by atoms with Gasteiger partial charge in [-0.25, -0.2) is 4.39 Å². The Bertz CT molecular complexity index is 904. The Hall–Kier alpha value is -3.15. The van der Waals surface area contributed by atoms with Crippen LogP contribution in [0.25, 0.3) is 11.3 Å². The van der Waals surface area contributed by atoms with E-state index in [9.17, 15) is 9.18 Å². The van der Waals surface area contributed by atoms with Gasteiger partial charge in [0.2, 0.25) is 0 Å². The molecule has 1 heterocycles. The van der Waals surface area contributed by atoms with Gasteiger partial charge in [0.1, 0.15) is 17.3 Å². The molecule has 0 saturated carbocycles. The number of nitrogens with zero attached hydrogens (tertiary/aromatic N) is 1. The molecule has 3 rings (SSSR count). The van der Waals surface area contributed by atoms with Gasteiger partial charge in [0.25, 0.3) is 5.91 Å². The van der Waals surface area contributed by atoms with Crippen molar-refractivity contribution in [1.29, 1.82) is 0 Å². The number of hydrogen-bond donors (Lipinski definition) is 1. The molecular formula is C21H21FN2O3. The van der Waals surface area contributed by atoms with Crippen LogP contribution >= 0.6 is 0 Å². The van der Waals surface area contributed by atoms with E-state index in [4.69, 9.17) is 9.26 Å². The van der Waals surface area contributed by atoms with Crippen LogP contribution in [0.2, 0.25) is 0 Å². The van der Waals surface area contributed by atoms with Crippen LogP contribution < -0.4 is 10.1 Å². The lowest BCUT2D eigenvalue weighted by molar-refractivity contribution is -0.123. The van der Waals surface area contributed by atoms with Crippen LogP contribution in [0.4, 0.5) is 4.39 Å². The van der Waals surface area contributed by atoms with Crippen molar-refractivity contribution < 1.29 is 18.4 Å². The molecule has 0 unspecified atom stereocenters. The SMILES string of the molecule is CC(C)c1ccc(OCC(=O)NCc2cc(-c3ccccc3F)on2)cc1. The maximum Gasteiger partial charge on any atom is 0.258 e. The summed E-state index contributed by atoms with van der Waals surface area (Å²) >= 11 is 0. The van der Waals surface area contributed by atoms with Gasteiger partial charge in [0, 0.05) is 6.07 Å². The average molecular weight is 368 g/mol. The van der Waals surface area contributed by atoms with Gasteiger partial charge in [-0.2, -0.15) is 0 Å². The van der Waals surface area contributed by atoms with Gasteiger partial charge in [-0.3, -0.25) is 4.79 Å². The molecule has 0 radical (unpaired) electrons. The largest absolute Gasteiger partial charge is 0.484 e. The van der Waals surface area contributed by atoms with E-state index in [-0.39, 0.29) is 24.9 Å². The summed E-state index contributed by atoms with van der Waals surface area (Å²) in [6, 6.07) is 15.5. The van der Waals surface area contributed by atoms with Gasteiger partial charge >= 0.3 is 0 Å². The number of hydrogen-bond acceptors (Lipinski definition) is 4. The molecule has 2 aromatic carbocycles. The average Bonchev–Trinajstić information content (AvgIpc) is 3.14. The fourth-order valence-electron chi connectivity index (χ4n) is 2.52. The second kappa shape index (κ2) is 8.49. The minimum Gasteiger partial charge on any atom is -0.484 e. The number of benzene rings is 2. The standard InChI is InChI=1S/C21H21FN2O3/c1-14(2)15-7-9-17(10-8-15)26-13-21(25)23-12-16-11-20(27-24-16)18-5-3-4-6-19(18)22/h3-11,14H,12-13H2,1-2H3,(H,23,25). The summed E-state index contributed by atoms with van der Waals surface area (Å²) in [7, 11) is 0. The summed E-state index contributed by atoms with van der Waals surface area (Å²) in [6.07, 6.45) is 0. The highest BCUT2D eigenvalue weighted by molar-refractivity contribution is 5.77. The molecule has 0 aliphatic heterocycles. The number of carbonyl (C=O) groups excluding carboxylic acids is 1. The zero-order valence-corrected chi connectivity index (χ0v) is 15.2.